The predicted molar refractivity (Wildman–Crippen MR) is 107 cm³/mol. The lowest BCUT2D eigenvalue weighted by atomic mass is 9.97. The number of benzene rings is 2. The number of anilines is 2. The maximum absolute atomic E-state index is 13.3. The van der Waals surface area contributed by atoms with Crippen LogP contribution >= 0.6 is 23.4 Å². The molecule has 140 valence electrons. The summed E-state index contributed by atoms with van der Waals surface area (Å²) in [5.41, 5.74) is 7.18. The third-order valence-corrected chi connectivity index (χ3v) is 6.52. The fourth-order valence-electron chi connectivity index (χ4n) is 3.84. The second-order valence-corrected chi connectivity index (χ2v) is 8.55. The topological polar surface area (TPSA) is 67.8 Å². The largest absolute Gasteiger partial charge is 0.369 e. The van der Waals surface area contributed by atoms with E-state index in [-0.39, 0.29) is 17.7 Å². The molecule has 2 aromatic rings. The van der Waals surface area contributed by atoms with E-state index in [2.05, 4.69) is 0 Å². The summed E-state index contributed by atoms with van der Waals surface area (Å²) in [6, 6.07) is 13.5. The first kappa shape index (κ1) is 18.3. The molecule has 3 N–H and O–H groups in total. The summed E-state index contributed by atoms with van der Waals surface area (Å²) in [6.45, 7) is 1.82. The van der Waals surface area contributed by atoms with Crippen molar-refractivity contribution in [3.63, 3.8) is 0 Å². The molecule has 27 heavy (non-hydrogen) atoms. The average molecular weight is 403 g/mol. The highest BCUT2D eigenvalue weighted by Crippen LogP contribution is 2.48. The van der Waals surface area contributed by atoms with E-state index in [4.69, 9.17) is 17.3 Å². The molecule has 5 nitrogen and oxygen atoms in total. The smallest absolute Gasteiger partial charge is 0.286 e. The Morgan fingerprint density at radius 1 is 1.19 bits per heavy atom. The van der Waals surface area contributed by atoms with Gasteiger partial charge in [-0.1, -0.05) is 35.5 Å². The van der Waals surface area contributed by atoms with E-state index in [0.29, 0.717) is 18.1 Å². The molecule has 0 spiro atoms. The number of rotatable bonds is 3. The molecule has 2 atom stereocenters. The lowest BCUT2D eigenvalue weighted by Gasteiger charge is -2.33. The second-order valence-electron chi connectivity index (χ2n) is 7.03. The predicted octanol–water partition coefficient (Wildman–Crippen LogP) is 2.25. The van der Waals surface area contributed by atoms with E-state index in [9.17, 15) is 9.59 Å². The molecular formula is C20H21ClN3O2S+. The maximum atomic E-state index is 13.3. The monoisotopic (exact) mass is 402 g/mol. The highest BCUT2D eigenvalue weighted by Gasteiger charge is 2.33. The van der Waals surface area contributed by atoms with Gasteiger partial charge in [0.05, 0.1) is 30.4 Å². The van der Waals surface area contributed by atoms with Crippen LogP contribution in [0.15, 0.2) is 52.3 Å². The van der Waals surface area contributed by atoms with Crippen LogP contribution in [0.25, 0.3) is 0 Å². The Morgan fingerprint density at radius 3 is 2.78 bits per heavy atom. The fraction of sp³-hybridized carbons (Fsp3) is 0.300. The number of hydrogen-bond donors (Lipinski definition) is 2. The number of nitrogens with zero attached hydrogens (tertiary/aromatic N) is 1. The van der Waals surface area contributed by atoms with Gasteiger partial charge < -0.3 is 10.6 Å². The van der Waals surface area contributed by atoms with Gasteiger partial charge in [0.15, 0.2) is 6.54 Å². The van der Waals surface area contributed by atoms with Crippen LogP contribution in [0.5, 0.6) is 0 Å². The Bertz CT molecular complexity index is 905. The normalized spacial score (nSPS) is 21.3. The Hall–Kier alpha value is -2.02. The van der Waals surface area contributed by atoms with E-state index in [1.54, 1.807) is 16.7 Å². The van der Waals surface area contributed by atoms with Crippen LogP contribution in [0.2, 0.25) is 5.02 Å². The third kappa shape index (κ3) is 3.70. The lowest BCUT2D eigenvalue weighted by Crippen LogP contribution is -3.15. The van der Waals surface area contributed by atoms with Crippen molar-refractivity contribution < 1.29 is 14.5 Å². The van der Waals surface area contributed by atoms with Crippen LogP contribution in [0.3, 0.4) is 0 Å². The van der Waals surface area contributed by atoms with Gasteiger partial charge in [-0.2, -0.15) is 0 Å². The number of amides is 2. The third-order valence-electron chi connectivity index (χ3n) is 5.16. The van der Waals surface area contributed by atoms with Crippen molar-refractivity contribution in [1.29, 1.82) is 0 Å². The molecule has 2 aliphatic rings. The quantitative estimate of drug-likeness (QED) is 0.827. The van der Waals surface area contributed by atoms with Crippen LogP contribution in [-0.2, 0) is 9.59 Å². The van der Waals surface area contributed by atoms with Gasteiger partial charge in [-0.3, -0.25) is 14.5 Å². The number of fused-ring (bicyclic) bond motifs is 2. The summed E-state index contributed by atoms with van der Waals surface area (Å²) in [7, 11) is 0. The molecule has 1 fully saturated rings. The molecule has 2 heterocycles. The summed E-state index contributed by atoms with van der Waals surface area (Å²) < 4.78 is 0. The van der Waals surface area contributed by atoms with E-state index in [1.165, 1.54) is 0 Å². The highest BCUT2D eigenvalue weighted by molar-refractivity contribution is 7.99. The molecule has 0 aliphatic carbocycles. The number of nitrogens with two attached hydrogens (primary N) is 1. The van der Waals surface area contributed by atoms with Crippen molar-refractivity contribution in [2.45, 2.75) is 22.6 Å². The lowest BCUT2D eigenvalue weighted by molar-refractivity contribution is -0.899. The zero-order valence-corrected chi connectivity index (χ0v) is 16.4. The standard InChI is InChI=1S/C20H20ClN3O2S/c21-14-7-8-18-16(10-14)24(15-5-1-2-6-17(15)27-18)19(25)12-23-9-3-4-13(11-23)20(22)26/h1-2,5-8,10,13H,3-4,9,11-12H2,(H2,22,26)/p+1/t13-/m1/s1. The molecule has 2 amide bonds. The molecule has 0 aromatic heterocycles. The van der Waals surface area contributed by atoms with Gasteiger partial charge in [-0.15, -0.1) is 0 Å². The van der Waals surface area contributed by atoms with Gasteiger partial charge in [0.1, 0.15) is 0 Å². The number of halogens is 1. The first-order valence-corrected chi connectivity index (χ1v) is 10.2. The van der Waals surface area contributed by atoms with Crippen LogP contribution in [0.4, 0.5) is 11.4 Å². The van der Waals surface area contributed by atoms with Gasteiger partial charge in [-0.05, 0) is 43.2 Å². The number of carbonyl (C=O) groups excluding carboxylic acids is 2. The summed E-state index contributed by atoms with van der Waals surface area (Å²) in [4.78, 5) is 29.8. The molecule has 2 aromatic carbocycles. The first-order valence-electron chi connectivity index (χ1n) is 9.05. The SMILES string of the molecule is NC(=O)[C@@H]1CCC[NH+](CC(=O)N2c3ccccc3Sc3ccc(Cl)cc32)C1. The molecule has 0 radical (unpaired) electrons. The number of nitrogens with one attached hydrogen (secondary N) is 1. The van der Waals surface area contributed by atoms with E-state index in [1.807, 2.05) is 42.5 Å². The number of hydrogen-bond acceptors (Lipinski definition) is 3. The Labute approximate surface area is 167 Å². The van der Waals surface area contributed by atoms with Crippen LogP contribution in [0, 0.1) is 5.92 Å². The number of primary amides is 1. The number of piperidine rings is 1. The van der Waals surface area contributed by atoms with Crippen LogP contribution in [0.1, 0.15) is 12.8 Å². The van der Waals surface area contributed by atoms with E-state index >= 15 is 0 Å². The number of carbonyl (C=O) groups is 2. The zero-order valence-electron chi connectivity index (χ0n) is 14.8. The molecule has 1 saturated heterocycles. The number of quaternary nitrogens is 1. The van der Waals surface area contributed by atoms with Crippen molar-refractivity contribution in [1.82, 2.24) is 0 Å². The summed E-state index contributed by atoms with van der Waals surface area (Å²) in [5, 5.41) is 0.602. The van der Waals surface area contributed by atoms with Crippen molar-refractivity contribution >= 4 is 46.6 Å². The maximum Gasteiger partial charge on any atom is 0.286 e. The van der Waals surface area contributed by atoms with Gasteiger partial charge >= 0.3 is 0 Å². The summed E-state index contributed by atoms with van der Waals surface area (Å²) >= 11 is 7.86. The molecule has 4 rings (SSSR count). The van der Waals surface area contributed by atoms with Crippen molar-refractivity contribution in [2.75, 3.05) is 24.5 Å². The van der Waals surface area contributed by atoms with Crippen molar-refractivity contribution in [3.8, 4) is 0 Å². The van der Waals surface area contributed by atoms with Crippen molar-refractivity contribution in [3.05, 3.63) is 47.5 Å². The van der Waals surface area contributed by atoms with Crippen LogP contribution in [-0.4, -0.2) is 31.4 Å². The van der Waals surface area contributed by atoms with Gasteiger partial charge in [0.25, 0.3) is 5.91 Å². The average Bonchev–Trinajstić information content (AvgIpc) is 2.66. The van der Waals surface area contributed by atoms with Crippen LogP contribution < -0.4 is 15.5 Å². The molecule has 1 unspecified atom stereocenters. The second kappa shape index (κ2) is 7.54. The van der Waals surface area contributed by atoms with Gasteiger partial charge in [-0.25, -0.2) is 0 Å². The molecule has 7 heteroatoms. The molecule has 2 aliphatic heterocycles. The minimum atomic E-state index is -0.267. The Balaban J connectivity index is 1.63. The Morgan fingerprint density at radius 2 is 1.96 bits per heavy atom. The minimum Gasteiger partial charge on any atom is -0.369 e. The highest BCUT2D eigenvalue weighted by atomic mass is 35.5. The van der Waals surface area contributed by atoms with Gasteiger partial charge in [0.2, 0.25) is 5.91 Å². The van der Waals surface area contributed by atoms with Gasteiger partial charge in [0, 0.05) is 14.8 Å². The number of likely N-dealkylation sites (tertiary alicyclic amines) is 1. The molecule has 0 saturated carbocycles. The van der Waals surface area contributed by atoms with E-state index < -0.39 is 0 Å². The number of para-hydroxylation sites is 1. The molecule has 0 bridgehead atoms. The fourth-order valence-corrected chi connectivity index (χ4v) is 5.05. The molecular weight excluding hydrogens is 382 g/mol. The zero-order chi connectivity index (χ0) is 19.0. The summed E-state index contributed by atoms with van der Waals surface area (Å²) in [5.74, 6) is -0.407. The van der Waals surface area contributed by atoms with Crippen molar-refractivity contribution in [2.24, 2.45) is 11.7 Å². The summed E-state index contributed by atoms with van der Waals surface area (Å²) in [6.07, 6.45) is 1.72. The minimum absolute atomic E-state index is 0.00591. The Kier molecular flexibility index (Phi) is 5.12. The van der Waals surface area contributed by atoms with E-state index in [0.717, 1.165) is 45.5 Å². The first-order chi connectivity index (χ1) is 13.0.